The van der Waals surface area contributed by atoms with Crippen molar-refractivity contribution in [2.75, 3.05) is 0 Å². The maximum atomic E-state index is 11.4. The first kappa shape index (κ1) is 9.00. The van der Waals surface area contributed by atoms with Gasteiger partial charge in [-0.05, 0) is 31.5 Å². The Morgan fingerprint density at radius 2 is 1.93 bits per heavy atom. The SMILES string of the molecule is CC(=O)n1c(C)cc2ccc(C)cc21. The van der Waals surface area contributed by atoms with Crippen LogP contribution in [0.1, 0.15) is 23.0 Å². The van der Waals surface area contributed by atoms with Crippen LogP contribution in [0.5, 0.6) is 0 Å². The van der Waals surface area contributed by atoms with Gasteiger partial charge in [0.15, 0.2) is 0 Å². The lowest BCUT2D eigenvalue weighted by Crippen LogP contribution is -2.06. The van der Waals surface area contributed by atoms with Crippen LogP contribution in [-0.4, -0.2) is 10.5 Å². The molecule has 2 heteroatoms. The minimum atomic E-state index is 0.0723. The van der Waals surface area contributed by atoms with E-state index in [0.717, 1.165) is 16.6 Å². The first-order chi connectivity index (χ1) is 6.59. The Morgan fingerprint density at radius 3 is 2.57 bits per heavy atom. The van der Waals surface area contributed by atoms with Crippen LogP contribution in [0.3, 0.4) is 0 Å². The minimum Gasteiger partial charge on any atom is -0.285 e. The van der Waals surface area contributed by atoms with E-state index >= 15 is 0 Å². The fourth-order valence-electron chi connectivity index (χ4n) is 1.87. The minimum absolute atomic E-state index is 0.0723. The molecule has 0 unspecified atom stereocenters. The van der Waals surface area contributed by atoms with E-state index in [1.165, 1.54) is 5.56 Å². The number of fused-ring (bicyclic) bond motifs is 1. The smallest absolute Gasteiger partial charge is 0.228 e. The summed E-state index contributed by atoms with van der Waals surface area (Å²) in [5, 5.41) is 1.13. The molecule has 0 bridgehead atoms. The number of aromatic nitrogens is 1. The highest BCUT2D eigenvalue weighted by molar-refractivity contribution is 5.93. The normalized spacial score (nSPS) is 10.8. The van der Waals surface area contributed by atoms with Gasteiger partial charge in [-0.15, -0.1) is 0 Å². The van der Waals surface area contributed by atoms with Crippen LogP contribution >= 0.6 is 0 Å². The van der Waals surface area contributed by atoms with Crippen LogP contribution in [-0.2, 0) is 0 Å². The summed E-state index contributed by atoms with van der Waals surface area (Å²) in [6.07, 6.45) is 0. The number of hydrogen-bond acceptors (Lipinski definition) is 1. The molecule has 0 spiro atoms. The standard InChI is InChI=1S/C12H13NO/c1-8-4-5-11-7-9(2)13(10(3)14)12(11)6-8/h4-7H,1-3H3. The molecule has 0 radical (unpaired) electrons. The van der Waals surface area contributed by atoms with Crippen molar-refractivity contribution in [3.05, 3.63) is 35.5 Å². The van der Waals surface area contributed by atoms with Crippen LogP contribution in [0.2, 0.25) is 0 Å². The molecule has 0 saturated heterocycles. The molecule has 72 valence electrons. The molecule has 0 fully saturated rings. The maximum absolute atomic E-state index is 11.4. The Hall–Kier alpha value is -1.57. The summed E-state index contributed by atoms with van der Waals surface area (Å²) >= 11 is 0. The summed E-state index contributed by atoms with van der Waals surface area (Å²) in [4.78, 5) is 11.4. The van der Waals surface area contributed by atoms with Crippen molar-refractivity contribution in [3.63, 3.8) is 0 Å². The van der Waals surface area contributed by atoms with Gasteiger partial charge in [-0.3, -0.25) is 9.36 Å². The summed E-state index contributed by atoms with van der Waals surface area (Å²) in [5.74, 6) is 0.0723. The molecule has 2 nitrogen and oxygen atoms in total. The van der Waals surface area contributed by atoms with Crippen molar-refractivity contribution in [1.29, 1.82) is 0 Å². The molecule has 0 N–H and O–H groups in total. The van der Waals surface area contributed by atoms with Crippen LogP contribution in [0.15, 0.2) is 24.3 Å². The van der Waals surface area contributed by atoms with Gasteiger partial charge in [0.05, 0.1) is 5.52 Å². The molecule has 1 aromatic heterocycles. The highest BCUT2D eigenvalue weighted by Crippen LogP contribution is 2.20. The van der Waals surface area contributed by atoms with Crippen molar-refractivity contribution in [3.8, 4) is 0 Å². The molecular formula is C12H13NO. The fraction of sp³-hybridized carbons (Fsp3) is 0.250. The Balaban J connectivity index is 2.86. The van der Waals surface area contributed by atoms with E-state index in [0.29, 0.717) is 0 Å². The predicted molar refractivity (Wildman–Crippen MR) is 57.7 cm³/mol. The first-order valence-electron chi connectivity index (χ1n) is 4.69. The zero-order valence-corrected chi connectivity index (χ0v) is 8.66. The van der Waals surface area contributed by atoms with Gasteiger partial charge in [-0.25, -0.2) is 0 Å². The Bertz CT molecular complexity index is 508. The molecule has 0 saturated carbocycles. The lowest BCUT2D eigenvalue weighted by Gasteiger charge is -2.02. The molecule has 0 amide bonds. The lowest BCUT2D eigenvalue weighted by atomic mass is 10.2. The number of carbonyl (C=O) groups excluding carboxylic acids is 1. The second-order valence-corrected chi connectivity index (χ2v) is 3.70. The molecule has 0 aliphatic carbocycles. The molecule has 0 aliphatic rings. The highest BCUT2D eigenvalue weighted by Gasteiger charge is 2.08. The summed E-state index contributed by atoms with van der Waals surface area (Å²) in [7, 11) is 0. The summed E-state index contributed by atoms with van der Waals surface area (Å²) < 4.78 is 1.75. The van der Waals surface area contributed by atoms with Gasteiger partial charge in [0, 0.05) is 18.0 Å². The maximum Gasteiger partial charge on any atom is 0.228 e. The number of nitrogens with zero attached hydrogens (tertiary/aromatic N) is 1. The van der Waals surface area contributed by atoms with Crippen LogP contribution in [0.25, 0.3) is 10.9 Å². The first-order valence-corrected chi connectivity index (χ1v) is 4.69. The number of aryl methyl sites for hydroxylation is 2. The van der Waals surface area contributed by atoms with Crippen molar-refractivity contribution in [1.82, 2.24) is 4.57 Å². The van der Waals surface area contributed by atoms with Gasteiger partial charge in [-0.1, -0.05) is 12.1 Å². The summed E-state index contributed by atoms with van der Waals surface area (Å²) in [6, 6.07) is 8.20. The fourth-order valence-corrected chi connectivity index (χ4v) is 1.87. The number of hydrogen-bond donors (Lipinski definition) is 0. The van der Waals surface area contributed by atoms with Crippen molar-refractivity contribution >= 4 is 16.8 Å². The van der Waals surface area contributed by atoms with Crippen molar-refractivity contribution in [2.24, 2.45) is 0 Å². The van der Waals surface area contributed by atoms with E-state index in [2.05, 4.69) is 12.1 Å². The quantitative estimate of drug-likeness (QED) is 0.621. The largest absolute Gasteiger partial charge is 0.285 e. The second-order valence-electron chi connectivity index (χ2n) is 3.70. The van der Waals surface area contributed by atoms with E-state index < -0.39 is 0 Å². The van der Waals surface area contributed by atoms with Gasteiger partial charge in [-0.2, -0.15) is 0 Å². The zero-order chi connectivity index (χ0) is 10.3. The van der Waals surface area contributed by atoms with Gasteiger partial charge in [0.2, 0.25) is 5.91 Å². The predicted octanol–water partition coefficient (Wildman–Crippen LogP) is 2.92. The molecule has 1 aromatic carbocycles. The number of benzene rings is 1. The number of carbonyl (C=O) groups is 1. The third-order valence-corrected chi connectivity index (χ3v) is 2.46. The summed E-state index contributed by atoms with van der Waals surface area (Å²) in [5.41, 5.74) is 3.19. The van der Waals surface area contributed by atoms with Crippen LogP contribution < -0.4 is 0 Å². The molecule has 0 atom stereocenters. The van der Waals surface area contributed by atoms with Gasteiger partial charge in [0.1, 0.15) is 0 Å². The van der Waals surface area contributed by atoms with Gasteiger partial charge < -0.3 is 0 Å². The molecular weight excluding hydrogens is 174 g/mol. The van der Waals surface area contributed by atoms with E-state index in [1.807, 2.05) is 26.0 Å². The Morgan fingerprint density at radius 1 is 1.21 bits per heavy atom. The topological polar surface area (TPSA) is 22.0 Å². The van der Waals surface area contributed by atoms with Crippen molar-refractivity contribution < 1.29 is 4.79 Å². The molecule has 0 aliphatic heterocycles. The Kier molecular flexibility index (Phi) is 1.92. The number of rotatable bonds is 0. The van der Waals surface area contributed by atoms with E-state index in [4.69, 9.17) is 0 Å². The zero-order valence-electron chi connectivity index (χ0n) is 8.66. The molecule has 2 aromatic rings. The van der Waals surface area contributed by atoms with Crippen LogP contribution in [0, 0.1) is 13.8 Å². The molecule has 14 heavy (non-hydrogen) atoms. The molecule has 2 rings (SSSR count). The van der Waals surface area contributed by atoms with Crippen molar-refractivity contribution in [2.45, 2.75) is 20.8 Å². The third-order valence-electron chi connectivity index (χ3n) is 2.46. The van der Waals surface area contributed by atoms with E-state index in [-0.39, 0.29) is 5.91 Å². The van der Waals surface area contributed by atoms with E-state index in [9.17, 15) is 4.79 Å². The van der Waals surface area contributed by atoms with Crippen LogP contribution in [0.4, 0.5) is 0 Å². The highest BCUT2D eigenvalue weighted by atomic mass is 16.1. The average Bonchev–Trinajstić information content (AvgIpc) is 2.40. The monoisotopic (exact) mass is 187 g/mol. The second kappa shape index (κ2) is 2.98. The van der Waals surface area contributed by atoms with Gasteiger partial charge >= 0.3 is 0 Å². The summed E-state index contributed by atoms with van der Waals surface area (Å²) in [6.45, 7) is 5.58. The van der Waals surface area contributed by atoms with Gasteiger partial charge in [0.25, 0.3) is 0 Å². The molecule has 1 heterocycles. The Labute approximate surface area is 83.2 Å². The lowest BCUT2D eigenvalue weighted by molar-refractivity contribution is 0.0940. The average molecular weight is 187 g/mol. The van der Waals surface area contributed by atoms with E-state index in [1.54, 1.807) is 11.5 Å². The third kappa shape index (κ3) is 1.23.